The van der Waals surface area contributed by atoms with Gasteiger partial charge in [-0.2, -0.15) is 0 Å². The lowest BCUT2D eigenvalue weighted by molar-refractivity contribution is -0.250. The Bertz CT molecular complexity index is 293. The van der Waals surface area contributed by atoms with Crippen LogP contribution in [0.2, 0.25) is 0 Å². The van der Waals surface area contributed by atoms with E-state index in [2.05, 4.69) is 38.3 Å². The molecule has 0 aromatic carbocycles. The summed E-state index contributed by atoms with van der Waals surface area (Å²) in [6.45, 7) is 15.6. The second-order valence-electron chi connectivity index (χ2n) is 6.97. The highest BCUT2D eigenvalue weighted by Gasteiger charge is 2.33. The van der Waals surface area contributed by atoms with Gasteiger partial charge in [-0.25, -0.2) is 0 Å². The van der Waals surface area contributed by atoms with E-state index in [0.29, 0.717) is 26.2 Å². The number of hydrogen-bond donors (Lipinski definition) is 2. The van der Waals surface area contributed by atoms with Crippen LogP contribution in [0.3, 0.4) is 0 Å². The average molecular weight is 375 g/mol. The van der Waals surface area contributed by atoms with E-state index in [1.165, 1.54) is 12.8 Å². The molecule has 1 atom stereocenters. The van der Waals surface area contributed by atoms with Crippen LogP contribution in [0.15, 0.2) is 0 Å². The maximum absolute atomic E-state index is 10.1. The summed E-state index contributed by atoms with van der Waals surface area (Å²) in [5.41, 5.74) is 0. The molecular formula is C21H46N2O3. The first kappa shape index (κ1) is 27.6. The highest BCUT2D eigenvalue weighted by atomic mass is 16.7. The van der Waals surface area contributed by atoms with Crippen molar-refractivity contribution in [3.05, 3.63) is 0 Å². The van der Waals surface area contributed by atoms with Gasteiger partial charge in [0, 0.05) is 25.9 Å². The summed E-state index contributed by atoms with van der Waals surface area (Å²) in [7, 11) is 1.91. The van der Waals surface area contributed by atoms with Crippen molar-refractivity contribution in [3.8, 4) is 0 Å². The number of amides is 1. The summed E-state index contributed by atoms with van der Waals surface area (Å²) in [4.78, 5) is 10.1. The lowest BCUT2D eigenvalue weighted by Crippen LogP contribution is -2.41. The fourth-order valence-corrected chi connectivity index (χ4v) is 2.59. The van der Waals surface area contributed by atoms with Gasteiger partial charge < -0.3 is 20.1 Å². The van der Waals surface area contributed by atoms with Crippen LogP contribution in [0.25, 0.3) is 0 Å². The first-order chi connectivity index (χ1) is 12.5. The molecule has 0 spiro atoms. The minimum Gasteiger partial charge on any atom is -0.356 e. The maximum Gasteiger partial charge on any atom is 0.207 e. The molecule has 5 nitrogen and oxygen atoms in total. The smallest absolute Gasteiger partial charge is 0.207 e. The Labute approximate surface area is 163 Å². The van der Waals surface area contributed by atoms with Crippen molar-refractivity contribution in [1.82, 2.24) is 10.6 Å². The molecule has 1 rings (SSSR count). The largest absolute Gasteiger partial charge is 0.356 e. The summed E-state index contributed by atoms with van der Waals surface area (Å²) < 4.78 is 11.7. The molecule has 0 aliphatic heterocycles. The zero-order chi connectivity index (χ0) is 20.3. The molecule has 1 aliphatic carbocycles. The van der Waals surface area contributed by atoms with Crippen LogP contribution < -0.4 is 10.6 Å². The van der Waals surface area contributed by atoms with Gasteiger partial charge in [0.2, 0.25) is 6.41 Å². The number of likely N-dealkylation sites (N-methyl/N-ethyl adjacent to an activating group) is 1. The van der Waals surface area contributed by atoms with Gasteiger partial charge in [0.1, 0.15) is 0 Å². The number of ether oxygens (including phenoxy) is 2. The molecule has 0 aromatic rings. The summed E-state index contributed by atoms with van der Waals surface area (Å²) in [6, 6.07) is 0. The topological polar surface area (TPSA) is 59.6 Å². The number of carbonyl (C=O) groups is 1. The van der Waals surface area contributed by atoms with E-state index >= 15 is 0 Å². The second-order valence-corrected chi connectivity index (χ2v) is 6.97. The fourth-order valence-electron chi connectivity index (χ4n) is 2.59. The maximum atomic E-state index is 10.1. The van der Waals surface area contributed by atoms with Gasteiger partial charge in [-0.1, -0.05) is 54.4 Å². The highest BCUT2D eigenvalue weighted by molar-refractivity contribution is 5.45. The van der Waals surface area contributed by atoms with Crippen molar-refractivity contribution in [1.29, 1.82) is 0 Å². The molecule has 1 saturated carbocycles. The molecular weight excluding hydrogens is 328 g/mol. The zero-order valence-corrected chi connectivity index (χ0v) is 18.5. The monoisotopic (exact) mass is 374 g/mol. The van der Waals surface area contributed by atoms with Crippen LogP contribution in [-0.2, 0) is 14.3 Å². The number of carbonyl (C=O) groups excluding carboxylic acids is 1. The van der Waals surface area contributed by atoms with Gasteiger partial charge in [0.25, 0.3) is 0 Å². The average Bonchev–Trinajstić information content (AvgIpc) is 2.67. The second kappa shape index (κ2) is 19.1. The predicted octanol–water partition coefficient (Wildman–Crippen LogP) is 4.36. The molecule has 26 heavy (non-hydrogen) atoms. The van der Waals surface area contributed by atoms with Crippen LogP contribution in [0.4, 0.5) is 0 Å². The third kappa shape index (κ3) is 14.5. The Morgan fingerprint density at radius 2 is 1.54 bits per heavy atom. The number of hydrogen-bond acceptors (Lipinski definition) is 4. The molecule has 1 fully saturated rings. The molecule has 0 aromatic heterocycles. The summed E-state index contributed by atoms with van der Waals surface area (Å²) >= 11 is 0. The molecule has 1 amide bonds. The first-order valence-electron chi connectivity index (χ1n) is 10.6. The van der Waals surface area contributed by atoms with Crippen molar-refractivity contribution < 1.29 is 14.3 Å². The minimum atomic E-state index is -0.417. The van der Waals surface area contributed by atoms with Crippen molar-refractivity contribution in [2.45, 2.75) is 85.9 Å². The summed E-state index contributed by atoms with van der Waals surface area (Å²) in [5.74, 6) is 1.35. The van der Waals surface area contributed by atoms with E-state index in [1.807, 2.05) is 20.9 Å². The van der Waals surface area contributed by atoms with Crippen LogP contribution >= 0.6 is 0 Å². The molecule has 0 bridgehead atoms. The first-order valence-corrected chi connectivity index (χ1v) is 10.6. The molecule has 1 aliphatic rings. The van der Waals surface area contributed by atoms with Crippen LogP contribution in [0.5, 0.6) is 0 Å². The third-order valence-electron chi connectivity index (χ3n) is 4.81. The minimum absolute atomic E-state index is 0.417. The molecule has 0 heterocycles. The zero-order valence-electron chi connectivity index (χ0n) is 18.5. The Hall–Kier alpha value is -0.650. The predicted molar refractivity (Wildman–Crippen MR) is 111 cm³/mol. The van der Waals surface area contributed by atoms with Crippen LogP contribution in [0.1, 0.15) is 80.1 Å². The number of nitrogens with one attached hydrogen (secondary N) is 2. The van der Waals surface area contributed by atoms with E-state index in [1.54, 1.807) is 0 Å². The normalized spacial score (nSPS) is 16.6. The SMILES string of the molecule is CC.CCC(C)C(C)C.CNCCOC1(OCCNC=O)CCCCC1. The summed E-state index contributed by atoms with van der Waals surface area (Å²) in [6.07, 6.45) is 7.49. The third-order valence-corrected chi connectivity index (χ3v) is 4.81. The van der Waals surface area contributed by atoms with Gasteiger partial charge in [-0.05, 0) is 31.7 Å². The van der Waals surface area contributed by atoms with Crippen molar-refractivity contribution in [2.75, 3.05) is 33.4 Å². The summed E-state index contributed by atoms with van der Waals surface area (Å²) in [5, 5.41) is 5.66. The molecule has 0 radical (unpaired) electrons. The highest BCUT2D eigenvalue weighted by Crippen LogP contribution is 2.32. The van der Waals surface area contributed by atoms with Crippen molar-refractivity contribution >= 4 is 6.41 Å². The van der Waals surface area contributed by atoms with E-state index in [0.717, 1.165) is 44.1 Å². The van der Waals surface area contributed by atoms with E-state index < -0.39 is 5.79 Å². The van der Waals surface area contributed by atoms with E-state index in [4.69, 9.17) is 9.47 Å². The Morgan fingerprint density at radius 1 is 1.00 bits per heavy atom. The van der Waals surface area contributed by atoms with Crippen molar-refractivity contribution in [3.63, 3.8) is 0 Å². The molecule has 5 heteroatoms. The molecule has 0 saturated heterocycles. The lowest BCUT2D eigenvalue weighted by atomic mass is 9.94. The van der Waals surface area contributed by atoms with Gasteiger partial charge in [-0.3, -0.25) is 4.79 Å². The van der Waals surface area contributed by atoms with Gasteiger partial charge >= 0.3 is 0 Å². The lowest BCUT2D eigenvalue weighted by Gasteiger charge is -2.37. The number of rotatable bonds is 11. The van der Waals surface area contributed by atoms with Crippen LogP contribution in [0, 0.1) is 11.8 Å². The fraction of sp³-hybridized carbons (Fsp3) is 0.952. The Morgan fingerprint density at radius 3 is 1.92 bits per heavy atom. The van der Waals surface area contributed by atoms with Crippen molar-refractivity contribution in [2.24, 2.45) is 11.8 Å². The molecule has 2 N–H and O–H groups in total. The van der Waals surface area contributed by atoms with Gasteiger partial charge in [-0.15, -0.1) is 0 Å². The van der Waals surface area contributed by atoms with E-state index in [9.17, 15) is 4.79 Å². The standard InChI is InChI=1S/C12H24N2O3.C7H16.C2H6/c1-13-7-9-16-12(5-3-2-4-6-12)17-10-8-14-11-15;1-5-7(4)6(2)3;1-2/h11,13H,2-10H2,1H3,(H,14,15);6-7H,5H2,1-4H3;1-2H3. The molecule has 158 valence electrons. The van der Waals surface area contributed by atoms with Crippen LogP contribution in [-0.4, -0.2) is 45.5 Å². The Kier molecular flexibility index (Phi) is 20.3. The van der Waals surface area contributed by atoms with Gasteiger partial charge in [0.15, 0.2) is 5.79 Å². The van der Waals surface area contributed by atoms with E-state index in [-0.39, 0.29) is 0 Å². The molecule has 1 unspecified atom stereocenters. The van der Waals surface area contributed by atoms with Gasteiger partial charge in [0.05, 0.1) is 13.2 Å². The quantitative estimate of drug-likeness (QED) is 0.320. The Balaban J connectivity index is 0.